The van der Waals surface area contributed by atoms with Crippen LogP contribution in [0.2, 0.25) is 0 Å². The number of esters is 1. The first kappa shape index (κ1) is 10.9. The molecule has 0 spiro atoms. The topological polar surface area (TPSA) is 29.5 Å². The molecule has 1 saturated carbocycles. The van der Waals surface area contributed by atoms with Gasteiger partial charge < -0.3 is 4.74 Å². The van der Waals surface area contributed by atoms with Crippen molar-refractivity contribution in [1.29, 1.82) is 0 Å². The van der Waals surface area contributed by atoms with E-state index in [9.17, 15) is 4.79 Å². The Labute approximate surface area is 91.8 Å². The van der Waals surface area contributed by atoms with Crippen LogP contribution in [0, 0.1) is 5.92 Å². The van der Waals surface area contributed by atoms with Gasteiger partial charge in [-0.15, -0.1) is 0 Å². The molecule has 0 amide bonds. The van der Waals surface area contributed by atoms with Crippen molar-refractivity contribution in [2.24, 2.45) is 5.92 Å². The summed E-state index contributed by atoms with van der Waals surface area (Å²) in [5.41, 5.74) is 0. The number of nitrogens with zero attached hydrogens (tertiary/aromatic N) is 1. The van der Waals surface area contributed by atoms with Crippen LogP contribution >= 0.6 is 0 Å². The molecule has 0 aromatic rings. The Morgan fingerprint density at radius 1 is 1.47 bits per heavy atom. The van der Waals surface area contributed by atoms with E-state index >= 15 is 0 Å². The van der Waals surface area contributed by atoms with Gasteiger partial charge in [-0.05, 0) is 52.0 Å². The van der Waals surface area contributed by atoms with Gasteiger partial charge in [-0.1, -0.05) is 0 Å². The van der Waals surface area contributed by atoms with E-state index < -0.39 is 0 Å². The fourth-order valence-corrected chi connectivity index (χ4v) is 2.62. The minimum absolute atomic E-state index is 0.0116. The predicted molar refractivity (Wildman–Crippen MR) is 58.5 cm³/mol. The number of carbonyl (C=O) groups is 1. The number of ether oxygens (including phenoxy) is 1. The van der Waals surface area contributed by atoms with Crippen molar-refractivity contribution in [2.45, 2.75) is 51.6 Å². The lowest BCUT2D eigenvalue weighted by molar-refractivity contribution is -0.149. The first-order chi connectivity index (χ1) is 7.24. The molecule has 1 aliphatic carbocycles. The van der Waals surface area contributed by atoms with Gasteiger partial charge in [-0.25, -0.2) is 0 Å². The number of likely N-dealkylation sites (tertiary alicyclic amines) is 1. The summed E-state index contributed by atoms with van der Waals surface area (Å²) < 4.78 is 5.13. The van der Waals surface area contributed by atoms with Crippen molar-refractivity contribution in [1.82, 2.24) is 4.90 Å². The third-order valence-electron chi connectivity index (χ3n) is 3.68. The molecule has 2 rings (SSSR count). The van der Waals surface area contributed by atoms with Crippen LogP contribution in [0.25, 0.3) is 0 Å². The van der Waals surface area contributed by atoms with Gasteiger partial charge in [-0.2, -0.15) is 0 Å². The molecule has 3 heteroatoms. The summed E-state index contributed by atoms with van der Waals surface area (Å²) in [5, 5.41) is 0. The van der Waals surface area contributed by atoms with Crippen LogP contribution in [0.5, 0.6) is 0 Å². The van der Waals surface area contributed by atoms with Crippen LogP contribution in [-0.4, -0.2) is 36.1 Å². The Morgan fingerprint density at radius 3 is 2.80 bits per heavy atom. The summed E-state index contributed by atoms with van der Waals surface area (Å²) in [6, 6.07) is 0.613. The second-order valence-corrected chi connectivity index (χ2v) is 4.73. The molecule has 2 fully saturated rings. The molecule has 1 aliphatic heterocycles. The maximum absolute atomic E-state index is 11.7. The molecule has 2 atom stereocenters. The monoisotopic (exact) mass is 211 g/mol. The van der Waals surface area contributed by atoms with Gasteiger partial charge in [0.15, 0.2) is 0 Å². The number of hydrogen-bond donors (Lipinski definition) is 0. The third kappa shape index (κ3) is 2.33. The zero-order valence-corrected chi connectivity index (χ0v) is 9.74. The van der Waals surface area contributed by atoms with Crippen LogP contribution < -0.4 is 0 Å². The molecule has 2 aliphatic rings. The molecule has 86 valence electrons. The molecule has 3 nitrogen and oxygen atoms in total. The SMILES string of the molecule is CCOC(=O)[C@H]1CCCN1[C@@H](C)C1CC1. The van der Waals surface area contributed by atoms with E-state index in [2.05, 4.69) is 11.8 Å². The van der Waals surface area contributed by atoms with Gasteiger partial charge in [0.25, 0.3) is 0 Å². The molecule has 0 bridgehead atoms. The van der Waals surface area contributed by atoms with Crippen LogP contribution in [0.1, 0.15) is 39.5 Å². The standard InChI is InChI=1S/C12H21NO2/c1-3-15-12(14)11-5-4-8-13(11)9(2)10-6-7-10/h9-11H,3-8H2,1-2H3/t9-,11+/m0/s1. The number of rotatable bonds is 4. The van der Waals surface area contributed by atoms with Crippen LogP contribution in [-0.2, 0) is 9.53 Å². The molecule has 0 aromatic carbocycles. The highest BCUT2D eigenvalue weighted by atomic mass is 16.5. The average molecular weight is 211 g/mol. The van der Waals surface area contributed by atoms with Crippen LogP contribution in [0.15, 0.2) is 0 Å². The Balaban J connectivity index is 1.94. The fourth-order valence-electron chi connectivity index (χ4n) is 2.62. The Morgan fingerprint density at radius 2 is 2.20 bits per heavy atom. The van der Waals surface area contributed by atoms with Gasteiger partial charge in [0.2, 0.25) is 0 Å². The Bertz CT molecular complexity index is 238. The smallest absolute Gasteiger partial charge is 0.323 e. The van der Waals surface area contributed by atoms with Crippen LogP contribution in [0.4, 0.5) is 0 Å². The molecule has 1 heterocycles. The molecule has 15 heavy (non-hydrogen) atoms. The summed E-state index contributed by atoms with van der Waals surface area (Å²) >= 11 is 0. The largest absolute Gasteiger partial charge is 0.465 e. The first-order valence-corrected chi connectivity index (χ1v) is 6.16. The van der Waals surface area contributed by atoms with Gasteiger partial charge in [0.1, 0.15) is 6.04 Å². The highest BCUT2D eigenvalue weighted by Gasteiger charge is 2.40. The van der Waals surface area contributed by atoms with E-state index in [-0.39, 0.29) is 12.0 Å². The van der Waals surface area contributed by atoms with Gasteiger partial charge in [0.05, 0.1) is 6.61 Å². The van der Waals surface area contributed by atoms with E-state index in [4.69, 9.17) is 4.74 Å². The lowest BCUT2D eigenvalue weighted by Crippen LogP contribution is -2.43. The summed E-state index contributed by atoms with van der Waals surface area (Å²) in [6.07, 6.45) is 4.80. The van der Waals surface area contributed by atoms with Gasteiger partial charge >= 0.3 is 5.97 Å². The van der Waals surface area contributed by atoms with E-state index in [1.807, 2.05) is 6.92 Å². The van der Waals surface area contributed by atoms with Crippen molar-refractivity contribution < 1.29 is 9.53 Å². The van der Waals surface area contributed by atoms with Crippen molar-refractivity contribution in [3.8, 4) is 0 Å². The first-order valence-electron chi connectivity index (χ1n) is 6.16. The maximum atomic E-state index is 11.7. The van der Waals surface area contributed by atoms with Crippen molar-refractivity contribution in [3.63, 3.8) is 0 Å². The zero-order valence-electron chi connectivity index (χ0n) is 9.74. The minimum Gasteiger partial charge on any atom is -0.465 e. The molecule has 0 unspecified atom stereocenters. The maximum Gasteiger partial charge on any atom is 0.323 e. The molecule has 0 radical (unpaired) electrons. The van der Waals surface area contributed by atoms with E-state index in [0.29, 0.717) is 12.6 Å². The highest BCUT2D eigenvalue weighted by Crippen LogP contribution is 2.37. The lowest BCUT2D eigenvalue weighted by Gasteiger charge is -2.29. The average Bonchev–Trinajstić information content (AvgIpc) is 2.94. The normalized spacial score (nSPS) is 29.1. The fraction of sp³-hybridized carbons (Fsp3) is 0.917. The van der Waals surface area contributed by atoms with Crippen molar-refractivity contribution >= 4 is 5.97 Å². The summed E-state index contributed by atoms with van der Waals surface area (Å²) in [7, 11) is 0. The second kappa shape index (κ2) is 4.52. The molecular formula is C12H21NO2. The Kier molecular flexibility index (Phi) is 3.29. The predicted octanol–water partition coefficient (Wildman–Crippen LogP) is 1.81. The Hall–Kier alpha value is -0.570. The summed E-state index contributed by atoms with van der Waals surface area (Å²) in [4.78, 5) is 14.1. The minimum atomic E-state index is -0.0116. The summed E-state index contributed by atoms with van der Waals surface area (Å²) in [5.74, 6) is 0.822. The molecule has 0 N–H and O–H groups in total. The van der Waals surface area contributed by atoms with Crippen molar-refractivity contribution in [2.75, 3.05) is 13.2 Å². The number of carbonyl (C=O) groups excluding carboxylic acids is 1. The highest BCUT2D eigenvalue weighted by molar-refractivity contribution is 5.76. The van der Waals surface area contributed by atoms with E-state index in [1.165, 1.54) is 12.8 Å². The molecular weight excluding hydrogens is 190 g/mol. The van der Waals surface area contributed by atoms with E-state index in [1.54, 1.807) is 0 Å². The third-order valence-corrected chi connectivity index (χ3v) is 3.68. The van der Waals surface area contributed by atoms with Crippen molar-refractivity contribution in [3.05, 3.63) is 0 Å². The quantitative estimate of drug-likeness (QED) is 0.664. The number of hydrogen-bond acceptors (Lipinski definition) is 3. The van der Waals surface area contributed by atoms with E-state index in [0.717, 1.165) is 25.3 Å². The van der Waals surface area contributed by atoms with Gasteiger partial charge in [-0.3, -0.25) is 9.69 Å². The van der Waals surface area contributed by atoms with Gasteiger partial charge in [0, 0.05) is 6.04 Å². The lowest BCUT2D eigenvalue weighted by atomic mass is 10.1. The van der Waals surface area contributed by atoms with Crippen LogP contribution in [0.3, 0.4) is 0 Å². The second-order valence-electron chi connectivity index (χ2n) is 4.73. The summed E-state index contributed by atoms with van der Waals surface area (Å²) in [6.45, 7) is 5.71. The molecule has 0 aromatic heterocycles. The zero-order chi connectivity index (χ0) is 10.8. The molecule has 1 saturated heterocycles.